The maximum atomic E-state index is 12.1. The van der Waals surface area contributed by atoms with E-state index >= 15 is 0 Å². The van der Waals surface area contributed by atoms with E-state index in [9.17, 15) is 4.79 Å². The lowest BCUT2D eigenvalue weighted by atomic mass is 9.88. The third-order valence-electron chi connectivity index (χ3n) is 4.48. The molecule has 1 fully saturated rings. The zero-order chi connectivity index (χ0) is 15.7. The average Bonchev–Trinajstić information content (AvgIpc) is 2.46. The second-order valence-electron chi connectivity index (χ2n) is 6.36. The molecule has 3 unspecified atom stereocenters. The summed E-state index contributed by atoms with van der Waals surface area (Å²) in [6.07, 6.45) is 7.13. The van der Waals surface area contributed by atoms with E-state index in [-0.39, 0.29) is 5.97 Å². The topological polar surface area (TPSA) is 47.6 Å². The van der Waals surface area contributed by atoms with Crippen LogP contribution in [0.15, 0.2) is 0 Å². The molecule has 0 amide bonds. The molecular formula is C17H33NO3. The van der Waals surface area contributed by atoms with Crippen LogP contribution in [0.25, 0.3) is 0 Å². The minimum absolute atomic E-state index is 0.155. The van der Waals surface area contributed by atoms with Crippen molar-refractivity contribution in [3.05, 3.63) is 0 Å². The Balaban J connectivity index is 2.34. The molecule has 3 atom stereocenters. The molecule has 0 saturated heterocycles. The van der Waals surface area contributed by atoms with Crippen molar-refractivity contribution < 1.29 is 14.3 Å². The van der Waals surface area contributed by atoms with E-state index in [1.807, 2.05) is 20.8 Å². The van der Waals surface area contributed by atoms with Crippen LogP contribution in [0.4, 0.5) is 0 Å². The first kappa shape index (κ1) is 18.4. The van der Waals surface area contributed by atoms with Gasteiger partial charge in [0.2, 0.25) is 0 Å². The van der Waals surface area contributed by atoms with Gasteiger partial charge >= 0.3 is 5.97 Å². The fourth-order valence-electron chi connectivity index (χ4n) is 3.13. The quantitative estimate of drug-likeness (QED) is 0.524. The van der Waals surface area contributed by atoms with Crippen molar-refractivity contribution in [1.29, 1.82) is 0 Å². The van der Waals surface area contributed by atoms with Crippen LogP contribution in [0.1, 0.15) is 66.2 Å². The van der Waals surface area contributed by atoms with Crippen LogP contribution < -0.4 is 5.32 Å². The first-order valence-electron chi connectivity index (χ1n) is 8.57. The smallest absolute Gasteiger partial charge is 0.326 e. The summed E-state index contributed by atoms with van der Waals surface area (Å²) in [6.45, 7) is 9.99. The SMILES string of the molecule is CCNC(C)(CCCOC1CCCCC1C)C(=O)OCC. The minimum atomic E-state index is -0.591. The van der Waals surface area contributed by atoms with Crippen LogP contribution in [0, 0.1) is 5.92 Å². The van der Waals surface area contributed by atoms with Crippen molar-refractivity contribution in [2.24, 2.45) is 5.92 Å². The molecule has 0 aromatic heterocycles. The third kappa shape index (κ3) is 5.95. The largest absolute Gasteiger partial charge is 0.465 e. The summed E-state index contributed by atoms with van der Waals surface area (Å²) in [5.74, 6) is 0.516. The first-order chi connectivity index (χ1) is 10.0. The Bertz CT molecular complexity index is 308. The van der Waals surface area contributed by atoms with Crippen LogP contribution in [0.5, 0.6) is 0 Å². The molecule has 0 aliphatic heterocycles. The predicted octanol–water partition coefficient (Wildman–Crippen LogP) is 3.29. The molecule has 1 saturated carbocycles. The number of carbonyl (C=O) groups is 1. The van der Waals surface area contributed by atoms with Gasteiger partial charge in [0, 0.05) is 6.61 Å². The number of hydrogen-bond donors (Lipinski definition) is 1. The summed E-state index contributed by atoms with van der Waals surface area (Å²) in [4.78, 5) is 12.1. The highest BCUT2D eigenvalue weighted by Gasteiger charge is 2.33. The van der Waals surface area contributed by atoms with Crippen molar-refractivity contribution in [2.75, 3.05) is 19.8 Å². The van der Waals surface area contributed by atoms with Crippen molar-refractivity contribution in [1.82, 2.24) is 5.32 Å². The van der Waals surface area contributed by atoms with Crippen LogP contribution >= 0.6 is 0 Å². The standard InChI is InChI=1S/C17H33NO3/c1-5-18-17(4,16(19)20-6-2)12-9-13-21-15-11-8-7-10-14(15)3/h14-15,18H,5-13H2,1-4H3. The Morgan fingerprint density at radius 2 is 2.00 bits per heavy atom. The molecule has 4 nitrogen and oxygen atoms in total. The van der Waals surface area contributed by atoms with Gasteiger partial charge in [-0.2, -0.15) is 0 Å². The Labute approximate surface area is 130 Å². The van der Waals surface area contributed by atoms with Crippen LogP contribution in [-0.2, 0) is 14.3 Å². The zero-order valence-electron chi connectivity index (χ0n) is 14.2. The van der Waals surface area contributed by atoms with Crippen LogP contribution in [-0.4, -0.2) is 37.4 Å². The van der Waals surface area contributed by atoms with E-state index in [1.165, 1.54) is 25.7 Å². The highest BCUT2D eigenvalue weighted by atomic mass is 16.5. The molecule has 1 N–H and O–H groups in total. The number of ether oxygens (including phenoxy) is 2. The Morgan fingerprint density at radius 1 is 1.29 bits per heavy atom. The maximum Gasteiger partial charge on any atom is 0.326 e. The number of hydrogen-bond acceptors (Lipinski definition) is 4. The van der Waals surface area contributed by atoms with E-state index < -0.39 is 5.54 Å². The van der Waals surface area contributed by atoms with Crippen LogP contribution in [0.2, 0.25) is 0 Å². The number of nitrogens with one attached hydrogen (secondary N) is 1. The highest BCUT2D eigenvalue weighted by Crippen LogP contribution is 2.26. The second-order valence-corrected chi connectivity index (χ2v) is 6.36. The fourth-order valence-corrected chi connectivity index (χ4v) is 3.13. The number of rotatable bonds is 9. The second kappa shape index (κ2) is 9.42. The van der Waals surface area contributed by atoms with Crippen LogP contribution in [0.3, 0.4) is 0 Å². The molecule has 21 heavy (non-hydrogen) atoms. The molecule has 0 heterocycles. The monoisotopic (exact) mass is 299 g/mol. The summed E-state index contributed by atoms with van der Waals surface area (Å²) < 4.78 is 11.2. The number of likely N-dealkylation sites (N-methyl/N-ethyl adjacent to an activating group) is 1. The molecule has 1 aliphatic carbocycles. The van der Waals surface area contributed by atoms with Gasteiger partial charge in [-0.3, -0.25) is 4.79 Å². The predicted molar refractivity (Wildman–Crippen MR) is 85.3 cm³/mol. The van der Waals surface area contributed by atoms with E-state index in [0.717, 1.165) is 26.0 Å². The van der Waals surface area contributed by atoms with Gasteiger partial charge in [-0.15, -0.1) is 0 Å². The Morgan fingerprint density at radius 3 is 2.62 bits per heavy atom. The van der Waals surface area contributed by atoms with Gasteiger partial charge in [-0.05, 0) is 52.0 Å². The number of esters is 1. The van der Waals surface area contributed by atoms with E-state index in [0.29, 0.717) is 18.6 Å². The summed E-state index contributed by atoms with van der Waals surface area (Å²) in [6, 6.07) is 0. The molecule has 124 valence electrons. The highest BCUT2D eigenvalue weighted by molar-refractivity contribution is 5.80. The Kier molecular flexibility index (Phi) is 8.27. The third-order valence-corrected chi connectivity index (χ3v) is 4.48. The van der Waals surface area contributed by atoms with Gasteiger partial charge in [-0.1, -0.05) is 26.7 Å². The molecule has 4 heteroatoms. The molecule has 0 spiro atoms. The minimum Gasteiger partial charge on any atom is -0.465 e. The lowest BCUT2D eigenvalue weighted by molar-refractivity contribution is -0.151. The van der Waals surface area contributed by atoms with Gasteiger partial charge in [0.25, 0.3) is 0 Å². The molecular weight excluding hydrogens is 266 g/mol. The normalized spacial score (nSPS) is 25.3. The molecule has 0 aromatic rings. The van der Waals surface area contributed by atoms with E-state index in [2.05, 4.69) is 12.2 Å². The van der Waals surface area contributed by atoms with Gasteiger partial charge in [0.15, 0.2) is 0 Å². The summed E-state index contributed by atoms with van der Waals surface area (Å²) in [5.41, 5.74) is -0.591. The first-order valence-corrected chi connectivity index (χ1v) is 8.57. The lowest BCUT2D eigenvalue weighted by Crippen LogP contribution is -2.50. The summed E-state index contributed by atoms with van der Waals surface area (Å²) in [7, 11) is 0. The fraction of sp³-hybridized carbons (Fsp3) is 0.941. The van der Waals surface area contributed by atoms with Gasteiger partial charge in [-0.25, -0.2) is 0 Å². The van der Waals surface area contributed by atoms with E-state index in [4.69, 9.17) is 9.47 Å². The van der Waals surface area contributed by atoms with Gasteiger partial charge < -0.3 is 14.8 Å². The summed E-state index contributed by atoms with van der Waals surface area (Å²) >= 11 is 0. The zero-order valence-corrected chi connectivity index (χ0v) is 14.2. The lowest BCUT2D eigenvalue weighted by Gasteiger charge is -2.30. The van der Waals surface area contributed by atoms with Crippen molar-refractivity contribution in [3.8, 4) is 0 Å². The molecule has 1 aliphatic rings. The van der Waals surface area contributed by atoms with Crippen molar-refractivity contribution in [3.63, 3.8) is 0 Å². The average molecular weight is 299 g/mol. The summed E-state index contributed by atoms with van der Waals surface area (Å²) in [5, 5.41) is 3.26. The maximum absolute atomic E-state index is 12.1. The molecule has 0 aromatic carbocycles. The molecule has 0 bridgehead atoms. The molecule has 0 radical (unpaired) electrons. The van der Waals surface area contributed by atoms with Crippen molar-refractivity contribution in [2.45, 2.75) is 77.9 Å². The van der Waals surface area contributed by atoms with E-state index in [1.54, 1.807) is 0 Å². The number of carbonyl (C=O) groups excluding carboxylic acids is 1. The van der Waals surface area contributed by atoms with Gasteiger partial charge in [0.05, 0.1) is 12.7 Å². The Hall–Kier alpha value is -0.610. The van der Waals surface area contributed by atoms with Gasteiger partial charge in [0.1, 0.15) is 5.54 Å². The van der Waals surface area contributed by atoms with Crippen molar-refractivity contribution >= 4 is 5.97 Å². The molecule has 1 rings (SSSR count).